The highest BCUT2D eigenvalue weighted by atomic mass is 16.4. The number of phenols is 1. The van der Waals surface area contributed by atoms with Gasteiger partial charge in [0.2, 0.25) is 17.7 Å². The van der Waals surface area contributed by atoms with Gasteiger partial charge in [-0.15, -0.1) is 0 Å². The normalized spacial score (nSPS) is 13.0. The number of nitrogens with one attached hydrogen (secondary N) is 3. The second-order valence-electron chi connectivity index (χ2n) is 8.33. The molecule has 2 aromatic carbocycles. The number of carbonyl (C=O) groups excluding carboxylic acids is 3. The van der Waals surface area contributed by atoms with Crippen LogP contribution < -0.4 is 21.7 Å². The lowest BCUT2D eigenvalue weighted by atomic mass is 10.0. The molecule has 198 valence electrons. The molecule has 3 atom stereocenters. The maximum absolute atomic E-state index is 13.3. The van der Waals surface area contributed by atoms with Crippen LogP contribution >= 0.6 is 0 Å². The summed E-state index contributed by atoms with van der Waals surface area (Å²) in [6.45, 7) is -0.663. The zero-order chi connectivity index (χ0) is 27.4. The van der Waals surface area contributed by atoms with Crippen molar-refractivity contribution in [3.05, 3.63) is 65.7 Å². The van der Waals surface area contributed by atoms with E-state index in [9.17, 15) is 29.1 Å². The number of carboxylic acids is 2. The van der Waals surface area contributed by atoms with Crippen molar-refractivity contribution in [2.75, 3.05) is 6.54 Å². The molecule has 37 heavy (non-hydrogen) atoms. The Morgan fingerprint density at radius 1 is 0.730 bits per heavy atom. The van der Waals surface area contributed by atoms with Crippen LogP contribution in [0.1, 0.15) is 24.0 Å². The fraction of sp³-hybridized carbons (Fsp3) is 0.320. The highest BCUT2D eigenvalue weighted by Crippen LogP contribution is 2.12. The Balaban J connectivity index is 2.23. The van der Waals surface area contributed by atoms with Crippen LogP contribution in [0.25, 0.3) is 0 Å². The summed E-state index contributed by atoms with van der Waals surface area (Å²) in [5.74, 6) is -4.60. The fourth-order valence-corrected chi connectivity index (χ4v) is 3.38. The average Bonchev–Trinajstić information content (AvgIpc) is 2.86. The topological polar surface area (TPSA) is 208 Å². The lowest BCUT2D eigenvalue weighted by Gasteiger charge is -2.24. The third-order valence-electron chi connectivity index (χ3n) is 5.34. The molecule has 8 N–H and O–H groups in total. The van der Waals surface area contributed by atoms with Gasteiger partial charge in [0, 0.05) is 19.3 Å². The van der Waals surface area contributed by atoms with Gasteiger partial charge in [0.1, 0.15) is 24.4 Å². The Labute approximate surface area is 212 Å². The van der Waals surface area contributed by atoms with Gasteiger partial charge in [0.15, 0.2) is 0 Å². The predicted octanol–water partition coefficient (Wildman–Crippen LogP) is -0.460. The van der Waals surface area contributed by atoms with E-state index in [1.807, 2.05) is 0 Å². The van der Waals surface area contributed by atoms with Gasteiger partial charge in [-0.25, -0.2) is 0 Å². The van der Waals surface area contributed by atoms with Crippen molar-refractivity contribution in [2.45, 2.75) is 43.8 Å². The van der Waals surface area contributed by atoms with E-state index >= 15 is 0 Å². The average molecular weight is 515 g/mol. The van der Waals surface area contributed by atoms with Gasteiger partial charge in [-0.3, -0.25) is 24.0 Å². The molecule has 0 spiro atoms. The molecule has 0 saturated carbocycles. The minimum absolute atomic E-state index is 0.00420. The Morgan fingerprint density at radius 2 is 1.27 bits per heavy atom. The molecular weight excluding hydrogens is 484 g/mol. The highest BCUT2D eigenvalue weighted by molar-refractivity contribution is 5.94. The van der Waals surface area contributed by atoms with Crippen molar-refractivity contribution in [1.29, 1.82) is 0 Å². The van der Waals surface area contributed by atoms with Gasteiger partial charge in [-0.1, -0.05) is 42.5 Å². The molecule has 0 heterocycles. The summed E-state index contributed by atoms with van der Waals surface area (Å²) in [5, 5.41) is 34.6. The van der Waals surface area contributed by atoms with E-state index in [0.717, 1.165) is 0 Å². The number of benzene rings is 2. The summed E-state index contributed by atoms with van der Waals surface area (Å²) >= 11 is 0. The summed E-state index contributed by atoms with van der Waals surface area (Å²) in [6, 6.07) is 11.1. The zero-order valence-electron chi connectivity index (χ0n) is 19.9. The first-order chi connectivity index (χ1) is 17.5. The minimum Gasteiger partial charge on any atom is -0.508 e. The second-order valence-corrected chi connectivity index (χ2v) is 8.33. The van der Waals surface area contributed by atoms with Gasteiger partial charge < -0.3 is 37.0 Å². The quantitative estimate of drug-likeness (QED) is 0.174. The number of rotatable bonds is 14. The van der Waals surface area contributed by atoms with Crippen LogP contribution in [0.4, 0.5) is 0 Å². The summed E-state index contributed by atoms with van der Waals surface area (Å²) < 4.78 is 0. The molecular formula is C25H30N4O8. The van der Waals surface area contributed by atoms with Crippen molar-refractivity contribution >= 4 is 29.7 Å². The number of hydrogen-bond acceptors (Lipinski definition) is 7. The van der Waals surface area contributed by atoms with Crippen molar-refractivity contribution in [3.8, 4) is 5.75 Å². The predicted molar refractivity (Wildman–Crippen MR) is 131 cm³/mol. The summed E-state index contributed by atoms with van der Waals surface area (Å²) in [4.78, 5) is 60.3. The van der Waals surface area contributed by atoms with E-state index < -0.39 is 54.3 Å². The lowest BCUT2D eigenvalue weighted by Crippen LogP contribution is -2.57. The van der Waals surface area contributed by atoms with Crippen LogP contribution in [-0.2, 0) is 36.8 Å². The van der Waals surface area contributed by atoms with Crippen molar-refractivity contribution in [3.63, 3.8) is 0 Å². The Morgan fingerprint density at radius 3 is 1.84 bits per heavy atom. The van der Waals surface area contributed by atoms with Crippen molar-refractivity contribution in [2.24, 2.45) is 5.73 Å². The number of aromatic hydroxyl groups is 1. The molecule has 12 nitrogen and oxygen atoms in total. The molecule has 12 heteroatoms. The van der Waals surface area contributed by atoms with Gasteiger partial charge in [0.25, 0.3) is 0 Å². The van der Waals surface area contributed by atoms with E-state index in [1.165, 1.54) is 12.1 Å². The van der Waals surface area contributed by atoms with Crippen molar-refractivity contribution < 1.29 is 39.3 Å². The van der Waals surface area contributed by atoms with E-state index in [-0.39, 0.29) is 31.4 Å². The van der Waals surface area contributed by atoms with Gasteiger partial charge in [0.05, 0.1) is 6.04 Å². The molecule has 0 aliphatic carbocycles. The molecule has 0 bridgehead atoms. The number of carbonyl (C=O) groups is 5. The third-order valence-corrected chi connectivity index (χ3v) is 5.34. The molecule has 0 radical (unpaired) electrons. The van der Waals surface area contributed by atoms with Crippen molar-refractivity contribution in [1.82, 2.24) is 16.0 Å². The van der Waals surface area contributed by atoms with Gasteiger partial charge in [-0.05, 0) is 29.7 Å². The van der Waals surface area contributed by atoms with Crippen LogP contribution in [0.3, 0.4) is 0 Å². The Hall–Kier alpha value is -4.45. The fourth-order valence-electron chi connectivity index (χ4n) is 3.38. The molecule has 3 amide bonds. The largest absolute Gasteiger partial charge is 0.508 e. The Kier molecular flexibility index (Phi) is 11.0. The highest BCUT2D eigenvalue weighted by Gasteiger charge is 2.29. The number of nitrogens with two attached hydrogens (primary N) is 1. The monoisotopic (exact) mass is 514 g/mol. The standard InChI is InChI=1S/C25H30N4O8/c26-18(10-11-21(31)32)23(35)28-20(12-15-4-2-1-3-5-15)25(37)29-19(24(36)27-14-22(33)34)13-16-6-8-17(30)9-7-16/h1-9,18-20,30H,10-14,26H2,(H,27,36)(H,28,35)(H,29,37)(H,31,32)(H,33,34). The lowest BCUT2D eigenvalue weighted by molar-refractivity contribution is -0.139. The van der Waals surface area contributed by atoms with Gasteiger partial charge >= 0.3 is 11.9 Å². The van der Waals surface area contributed by atoms with Crippen LogP contribution in [0.5, 0.6) is 5.75 Å². The SMILES string of the molecule is NC(CCC(=O)O)C(=O)NC(Cc1ccccc1)C(=O)NC(Cc1ccc(O)cc1)C(=O)NCC(=O)O. The first-order valence-corrected chi connectivity index (χ1v) is 11.4. The van der Waals surface area contributed by atoms with E-state index in [1.54, 1.807) is 42.5 Å². The van der Waals surface area contributed by atoms with Crippen LogP contribution in [-0.4, -0.2) is 69.7 Å². The van der Waals surface area contributed by atoms with Crippen LogP contribution in [0, 0.1) is 0 Å². The summed E-state index contributed by atoms with van der Waals surface area (Å²) in [6.07, 6.45) is -0.446. The second kappa shape index (κ2) is 14.2. The maximum Gasteiger partial charge on any atom is 0.322 e. The summed E-state index contributed by atoms with van der Waals surface area (Å²) in [7, 11) is 0. The van der Waals surface area contributed by atoms with E-state index in [4.69, 9.17) is 15.9 Å². The number of amides is 3. The molecule has 2 rings (SSSR count). The number of aliphatic carboxylic acids is 2. The smallest absolute Gasteiger partial charge is 0.322 e. The molecule has 2 aromatic rings. The number of hydrogen-bond donors (Lipinski definition) is 7. The first-order valence-electron chi connectivity index (χ1n) is 11.4. The zero-order valence-corrected chi connectivity index (χ0v) is 19.9. The van der Waals surface area contributed by atoms with E-state index in [0.29, 0.717) is 11.1 Å². The summed E-state index contributed by atoms with van der Waals surface area (Å²) in [5.41, 5.74) is 7.07. The van der Waals surface area contributed by atoms with Gasteiger partial charge in [-0.2, -0.15) is 0 Å². The molecule has 0 saturated heterocycles. The molecule has 0 aliphatic rings. The van der Waals surface area contributed by atoms with Crippen LogP contribution in [0.15, 0.2) is 54.6 Å². The first kappa shape index (κ1) is 28.8. The van der Waals surface area contributed by atoms with E-state index in [2.05, 4.69) is 16.0 Å². The molecule has 0 aliphatic heterocycles. The molecule has 0 aromatic heterocycles. The number of phenolic OH excluding ortho intramolecular Hbond substituents is 1. The molecule has 0 fully saturated rings. The van der Waals surface area contributed by atoms with Crippen LogP contribution in [0.2, 0.25) is 0 Å². The minimum atomic E-state index is -1.27. The maximum atomic E-state index is 13.3. The molecule has 3 unspecified atom stereocenters. The third kappa shape index (κ3) is 10.4. The Bertz CT molecular complexity index is 1090. The number of carboxylic acid groups (broad SMARTS) is 2.